The Morgan fingerprint density at radius 3 is 1.31 bits per heavy atom. The van der Waals surface area contributed by atoms with Crippen LogP contribution in [0, 0.1) is 25.7 Å². The van der Waals surface area contributed by atoms with Gasteiger partial charge < -0.3 is 16.2 Å². The van der Waals surface area contributed by atoms with Crippen molar-refractivity contribution >= 4 is 56.6 Å². The highest BCUT2D eigenvalue weighted by Crippen LogP contribution is 2.36. The van der Waals surface area contributed by atoms with E-state index in [1.54, 1.807) is 0 Å². The van der Waals surface area contributed by atoms with E-state index < -0.39 is 5.97 Å². The Labute approximate surface area is 493 Å². The number of piperidine rings is 2. The number of nitrogen functional groups attached to an aromatic ring is 1. The van der Waals surface area contributed by atoms with Gasteiger partial charge in [0.2, 0.25) is 5.91 Å². The second kappa shape index (κ2) is 25.3. The molecule has 8 heterocycles. The molecule has 424 valence electrons. The molecule has 0 atom stereocenters. The predicted octanol–water partition coefficient (Wildman–Crippen LogP) is 13.3. The molecule has 12 aromatic rings. The number of carbonyl (C=O) groups is 2. The first-order chi connectivity index (χ1) is 41.5. The van der Waals surface area contributed by atoms with Crippen LogP contribution in [0.4, 0.5) is 11.4 Å². The summed E-state index contributed by atoms with van der Waals surface area (Å²) in [7, 11) is 0. The van der Waals surface area contributed by atoms with Crippen molar-refractivity contribution in [2.45, 2.75) is 52.6 Å². The number of rotatable bonds is 11. The van der Waals surface area contributed by atoms with E-state index in [9.17, 15) is 14.7 Å². The Morgan fingerprint density at radius 1 is 0.506 bits per heavy atom. The molecular weight excluding hydrogens is 1060 g/mol. The Kier molecular flexibility index (Phi) is 16.5. The maximum Gasteiger partial charge on any atom is 0.306 e. The zero-order valence-corrected chi connectivity index (χ0v) is 47.7. The van der Waals surface area contributed by atoms with Gasteiger partial charge in [-0.25, -0.2) is 19.9 Å². The van der Waals surface area contributed by atoms with Crippen LogP contribution < -0.4 is 11.1 Å². The van der Waals surface area contributed by atoms with E-state index in [0.717, 1.165) is 153 Å². The minimum atomic E-state index is -0.672. The molecule has 4 N–H and O–H groups in total. The van der Waals surface area contributed by atoms with Crippen molar-refractivity contribution < 1.29 is 14.7 Å². The highest BCUT2D eigenvalue weighted by molar-refractivity contribution is 5.93. The van der Waals surface area contributed by atoms with Gasteiger partial charge in [0.15, 0.2) is 22.6 Å². The first-order valence-corrected chi connectivity index (χ1v) is 29.0. The number of nitrogens with one attached hydrogen (secondary N) is 1. The Morgan fingerprint density at radius 2 is 0.906 bits per heavy atom. The SMILES string of the molecule is Cc1cc2ncc3cc(-c4ccccc4)c(-c4ccc(CN5CCC(C(=O)Nc6ccccc6)CC5)cc4)nc3n2n1.Cc1cc2ncc3cc(-c4ccccc4)c(-c4ccc(CN5CCC(C(=O)O)CC5)cc4)nc3n2n1.Nc1ccccc1. The number of hydrogen-bond donors (Lipinski definition) is 3. The largest absolute Gasteiger partial charge is 0.481 e. The number of likely N-dealkylation sites (tertiary alicyclic amines) is 2. The topological polar surface area (TPSA) is 185 Å². The molecule has 6 aromatic carbocycles. The number of aryl methyl sites for hydroxylation is 2. The van der Waals surface area contributed by atoms with Crippen LogP contribution in [-0.4, -0.2) is 92.1 Å². The number of nitrogens with zero attached hydrogens (tertiary/aromatic N) is 10. The first kappa shape index (κ1) is 55.6. The number of pyridine rings is 2. The van der Waals surface area contributed by atoms with Crippen LogP contribution >= 0.6 is 0 Å². The average Bonchev–Trinajstić information content (AvgIpc) is 2.83. The standard InChI is InChI=1S/C35H32N6O.C29H27N5O2.C6H7N/c1-24-20-32-36-22-29-21-31(26-8-4-2-5-9-26)33(38-34(29)41(32)39-24)27-14-12-25(13-15-27)23-40-18-16-28(17-19-40)35(42)37-30-10-6-3-7-11-30;1-19-15-26-30-17-24-16-25(21-5-3-2-4-6-21)27(31-28(24)34(26)32-19)22-9-7-20(8-10-22)18-33-13-11-23(12-14-33)29(35)36;7-6-4-2-1-3-5-6/h2-15,20-22,28H,16-19,23H2,1H3,(H,37,42);2-10,15-17,23H,11-14,18H2,1H3,(H,35,36);1-5H,7H2. The number of carboxylic acid groups (broad SMARTS) is 1. The summed E-state index contributed by atoms with van der Waals surface area (Å²) >= 11 is 0. The molecular formula is C70H66N12O3. The second-order valence-corrected chi connectivity index (χ2v) is 22.1. The third-order valence-electron chi connectivity index (χ3n) is 15.9. The number of nitrogens with two attached hydrogens (primary N) is 1. The summed E-state index contributed by atoms with van der Waals surface area (Å²) in [6.07, 6.45) is 6.91. The van der Waals surface area contributed by atoms with Crippen LogP contribution in [-0.2, 0) is 22.7 Å². The van der Waals surface area contributed by atoms with E-state index >= 15 is 0 Å². The second-order valence-electron chi connectivity index (χ2n) is 22.1. The molecule has 6 aromatic heterocycles. The summed E-state index contributed by atoms with van der Waals surface area (Å²) in [5.41, 5.74) is 22.7. The van der Waals surface area contributed by atoms with Gasteiger partial charge in [-0.05, 0) is 124 Å². The van der Waals surface area contributed by atoms with E-state index in [1.165, 1.54) is 11.1 Å². The van der Waals surface area contributed by atoms with Crippen molar-refractivity contribution in [3.05, 3.63) is 229 Å². The van der Waals surface area contributed by atoms with Crippen molar-refractivity contribution in [3.63, 3.8) is 0 Å². The average molecular weight is 1120 g/mol. The number of hydrogen-bond acceptors (Lipinski definition) is 11. The van der Waals surface area contributed by atoms with Crippen LogP contribution in [0.3, 0.4) is 0 Å². The molecule has 15 nitrogen and oxygen atoms in total. The number of amides is 1. The lowest BCUT2D eigenvalue weighted by Crippen LogP contribution is -2.37. The molecule has 0 unspecified atom stereocenters. The maximum atomic E-state index is 12.7. The maximum absolute atomic E-state index is 12.7. The lowest BCUT2D eigenvalue weighted by atomic mass is 9.95. The van der Waals surface area contributed by atoms with E-state index in [-0.39, 0.29) is 17.7 Å². The van der Waals surface area contributed by atoms with Gasteiger partial charge in [-0.2, -0.15) is 19.2 Å². The number of para-hydroxylation sites is 2. The Balaban J connectivity index is 0.000000151. The summed E-state index contributed by atoms with van der Waals surface area (Å²) in [5.74, 6) is -0.700. The molecule has 2 saturated heterocycles. The molecule has 0 aliphatic carbocycles. The number of aliphatic carboxylic acids is 1. The molecule has 1 amide bonds. The first-order valence-electron chi connectivity index (χ1n) is 29.0. The fraction of sp³-hybridized carbons (Fsp3) is 0.200. The molecule has 2 aliphatic rings. The molecule has 0 spiro atoms. The summed E-state index contributed by atoms with van der Waals surface area (Å²) in [6.45, 7) is 9.07. The van der Waals surface area contributed by atoms with Crippen LogP contribution in [0.2, 0.25) is 0 Å². The van der Waals surface area contributed by atoms with Gasteiger partial charge in [-0.15, -0.1) is 0 Å². The van der Waals surface area contributed by atoms with Crippen LogP contribution in [0.25, 0.3) is 78.1 Å². The molecule has 14 rings (SSSR count). The highest BCUT2D eigenvalue weighted by atomic mass is 16.4. The van der Waals surface area contributed by atoms with Crippen LogP contribution in [0.15, 0.2) is 207 Å². The Bertz CT molecular complexity index is 4260. The van der Waals surface area contributed by atoms with Crippen molar-refractivity contribution in [1.29, 1.82) is 0 Å². The monoisotopic (exact) mass is 1120 g/mol. The van der Waals surface area contributed by atoms with Gasteiger partial charge in [0.05, 0.1) is 28.7 Å². The van der Waals surface area contributed by atoms with E-state index in [1.807, 2.05) is 132 Å². The smallest absolute Gasteiger partial charge is 0.306 e. The number of carboxylic acids is 1. The minimum absolute atomic E-state index is 0.0551. The zero-order valence-electron chi connectivity index (χ0n) is 47.7. The number of aromatic nitrogens is 8. The summed E-state index contributed by atoms with van der Waals surface area (Å²) in [6, 6.07) is 65.4. The lowest BCUT2D eigenvalue weighted by molar-refractivity contribution is -0.143. The zero-order chi connectivity index (χ0) is 58.2. The third kappa shape index (κ3) is 13.0. The van der Waals surface area contributed by atoms with Crippen LogP contribution in [0.5, 0.6) is 0 Å². The van der Waals surface area contributed by atoms with Gasteiger partial charge >= 0.3 is 5.97 Å². The van der Waals surface area contributed by atoms with Gasteiger partial charge in [0, 0.05) is 87.9 Å². The number of benzene rings is 6. The van der Waals surface area contributed by atoms with Crippen molar-refractivity contribution in [3.8, 4) is 44.8 Å². The molecule has 0 saturated carbocycles. The molecule has 2 aliphatic heterocycles. The molecule has 0 bridgehead atoms. The lowest BCUT2D eigenvalue weighted by Gasteiger charge is -2.31. The number of carbonyl (C=O) groups excluding carboxylic acids is 1. The van der Waals surface area contributed by atoms with Crippen molar-refractivity contribution in [2.24, 2.45) is 11.8 Å². The summed E-state index contributed by atoms with van der Waals surface area (Å²) in [5, 5.41) is 23.5. The minimum Gasteiger partial charge on any atom is -0.481 e. The van der Waals surface area contributed by atoms with E-state index in [2.05, 4.69) is 132 Å². The normalized spacial score (nSPS) is 14.2. The van der Waals surface area contributed by atoms with Gasteiger partial charge in [0.25, 0.3) is 0 Å². The third-order valence-corrected chi connectivity index (χ3v) is 15.9. The van der Waals surface area contributed by atoms with Gasteiger partial charge in [0.1, 0.15) is 0 Å². The summed E-state index contributed by atoms with van der Waals surface area (Å²) < 4.78 is 3.65. The molecule has 0 radical (unpaired) electrons. The fourth-order valence-electron chi connectivity index (χ4n) is 11.4. The molecule has 2 fully saturated rings. The quantitative estimate of drug-likeness (QED) is 0.104. The number of anilines is 2. The highest BCUT2D eigenvalue weighted by Gasteiger charge is 2.27. The van der Waals surface area contributed by atoms with Gasteiger partial charge in [-0.3, -0.25) is 19.4 Å². The predicted molar refractivity (Wildman–Crippen MR) is 337 cm³/mol. The van der Waals surface area contributed by atoms with Crippen molar-refractivity contribution in [2.75, 3.05) is 37.2 Å². The molecule has 15 heteroatoms. The van der Waals surface area contributed by atoms with Gasteiger partial charge in [-0.1, -0.05) is 146 Å². The Hall–Kier alpha value is -9.96. The molecule has 85 heavy (non-hydrogen) atoms. The van der Waals surface area contributed by atoms with E-state index in [4.69, 9.17) is 15.7 Å². The number of fused-ring (bicyclic) bond motifs is 6. The van der Waals surface area contributed by atoms with E-state index in [0.29, 0.717) is 12.8 Å². The van der Waals surface area contributed by atoms with Crippen LogP contribution in [0.1, 0.15) is 48.2 Å². The summed E-state index contributed by atoms with van der Waals surface area (Å²) in [4.78, 5) is 48.2. The fourth-order valence-corrected chi connectivity index (χ4v) is 11.4. The van der Waals surface area contributed by atoms with Crippen molar-refractivity contribution in [1.82, 2.24) is 49.0 Å².